The first-order chi connectivity index (χ1) is 16.7. The molecule has 0 aliphatic carbocycles. The van der Waals surface area contributed by atoms with Gasteiger partial charge < -0.3 is 9.47 Å². The third-order valence-electron chi connectivity index (χ3n) is 4.82. The topological polar surface area (TPSA) is 86.0 Å². The molecule has 0 aliphatic rings. The van der Waals surface area contributed by atoms with E-state index in [0.29, 0.717) is 11.6 Å². The first-order valence-corrected chi connectivity index (χ1v) is 11.2. The van der Waals surface area contributed by atoms with Gasteiger partial charge >= 0.3 is 5.97 Å². The van der Waals surface area contributed by atoms with Gasteiger partial charge in [0.2, 0.25) is 6.79 Å². The molecule has 3 aromatic rings. The largest absolute Gasteiger partial charge is 0.457 e. The number of benzene rings is 2. The summed E-state index contributed by atoms with van der Waals surface area (Å²) in [6, 6.07) is 18.9. The average Bonchev–Trinajstić information content (AvgIpc) is 2.88. The number of unbranched alkanes of at least 4 members (excludes halogenated alkanes) is 2. The Bertz CT molecular complexity index is 1110. The molecule has 7 heteroatoms. The summed E-state index contributed by atoms with van der Waals surface area (Å²) in [5.41, 5.74) is 3.71. The van der Waals surface area contributed by atoms with E-state index in [1.807, 2.05) is 48.5 Å². The predicted octanol–water partition coefficient (Wildman–Crippen LogP) is 5.78. The SMILES string of the molecule is C=CC(=O)OCOc1ccc(N=Cc2ccc(C=Nc3ccc(CCCCC)nn3)cc2)cc1. The van der Waals surface area contributed by atoms with E-state index in [1.54, 1.807) is 24.6 Å². The van der Waals surface area contributed by atoms with Gasteiger partial charge in [0.25, 0.3) is 0 Å². The minimum Gasteiger partial charge on any atom is -0.457 e. The highest BCUT2D eigenvalue weighted by Gasteiger charge is 1.99. The maximum absolute atomic E-state index is 11.0. The van der Waals surface area contributed by atoms with E-state index in [1.165, 1.54) is 12.8 Å². The van der Waals surface area contributed by atoms with Crippen molar-refractivity contribution in [2.75, 3.05) is 6.79 Å². The fourth-order valence-corrected chi connectivity index (χ4v) is 2.91. The molecule has 0 unspecified atom stereocenters. The molecule has 0 radical (unpaired) electrons. The standard InChI is InChI=1S/C27H28N4O3/c1-3-5-6-7-24-14-17-26(31-30-24)29-19-22-10-8-21(9-11-22)18-28-23-12-15-25(16-13-23)33-20-34-27(32)4-2/h4,8-19H,2-3,5-7,20H2,1H3. The molecule has 34 heavy (non-hydrogen) atoms. The van der Waals surface area contributed by atoms with Crippen LogP contribution in [-0.4, -0.2) is 35.4 Å². The molecule has 7 nitrogen and oxygen atoms in total. The van der Waals surface area contributed by atoms with E-state index in [4.69, 9.17) is 9.47 Å². The second kappa shape index (κ2) is 13.4. The van der Waals surface area contributed by atoms with E-state index >= 15 is 0 Å². The second-order valence-electron chi connectivity index (χ2n) is 7.45. The van der Waals surface area contributed by atoms with Crippen LogP contribution in [0.3, 0.4) is 0 Å². The summed E-state index contributed by atoms with van der Waals surface area (Å²) in [7, 11) is 0. The first-order valence-electron chi connectivity index (χ1n) is 11.2. The summed E-state index contributed by atoms with van der Waals surface area (Å²) in [4.78, 5) is 19.9. The molecule has 0 fully saturated rings. The van der Waals surface area contributed by atoms with Crippen molar-refractivity contribution >= 4 is 29.9 Å². The average molecular weight is 457 g/mol. The number of carbonyl (C=O) groups is 1. The van der Waals surface area contributed by atoms with Crippen molar-refractivity contribution in [1.29, 1.82) is 0 Å². The third kappa shape index (κ3) is 8.43. The van der Waals surface area contributed by atoms with Gasteiger partial charge in [0.1, 0.15) is 5.75 Å². The van der Waals surface area contributed by atoms with Gasteiger partial charge in [-0.25, -0.2) is 9.79 Å². The van der Waals surface area contributed by atoms with Crippen molar-refractivity contribution in [3.8, 4) is 5.75 Å². The maximum atomic E-state index is 11.0. The Balaban J connectivity index is 1.49. The van der Waals surface area contributed by atoms with Crippen LogP contribution in [0.15, 0.2) is 83.3 Å². The zero-order valence-corrected chi connectivity index (χ0v) is 19.3. The number of hydrogen-bond donors (Lipinski definition) is 0. The summed E-state index contributed by atoms with van der Waals surface area (Å²) < 4.78 is 10.1. The third-order valence-corrected chi connectivity index (χ3v) is 4.82. The normalized spacial score (nSPS) is 11.1. The van der Waals surface area contributed by atoms with E-state index in [-0.39, 0.29) is 6.79 Å². The van der Waals surface area contributed by atoms with Gasteiger partial charge in [-0.05, 0) is 60.4 Å². The number of rotatable bonds is 12. The highest BCUT2D eigenvalue weighted by Crippen LogP contribution is 2.18. The Hall–Kier alpha value is -4.13. The van der Waals surface area contributed by atoms with Crippen LogP contribution in [0.25, 0.3) is 0 Å². The summed E-state index contributed by atoms with van der Waals surface area (Å²) in [5.74, 6) is 0.644. The minimum atomic E-state index is -0.529. The van der Waals surface area contributed by atoms with E-state index < -0.39 is 5.97 Å². The number of esters is 1. The van der Waals surface area contributed by atoms with Gasteiger partial charge in [-0.2, -0.15) is 5.10 Å². The zero-order valence-electron chi connectivity index (χ0n) is 19.3. The molecule has 0 aliphatic heterocycles. The lowest BCUT2D eigenvalue weighted by molar-refractivity contribution is -0.144. The van der Waals surface area contributed by atoms with Crippen LogP contribution in [0.2, 0.25) is 0 Å². The van der Waals surface area contributed by atoms with E-state index in [2.05, 4.69) is 33.7 Å². The molecule has 3 rings (SSSR count). The van der Waals surface area contributed by atoms with Gasteiger partial charge in [0.15, 0.2) is 5.82 Å². The van der Waals surface area contributed by atoms with Crippen LogP contribution < -0.4 is 4.74 Å². The number of aryl methyl sites for hydroxylation is 1. The van der Waals surface area contributed by atoms with Crippen molar-refractivity contribution in [3.05, 3.63) is 90.1 Å². The number of nitrogens with zero attached hydrogens (tertiary/aromatic N) is 4. The molecule has 174 valence electrons. The Kier molecular flexibility index (Phi) is 9.68. The van der Waals surface area contributed by atoms with Gasteiger partial charge in [-0.1, -0.05) is 50.6 Å². The molecule has 0 saturated heterocycles. The van der Waals surface area contributed by atoms with Crippen LogP contribution in [-0.2, 0) is 16.0 Å². The van der Waals surface area contributed by atoms with Crippen molar-refractivity contribution in [2.45, 2.75) is 32.6 Å². The molecule has 0 N–H and O–H groups in total. The monoisotopic (exact) mass is 456 g/mol. The lowest BCUT2D eigenvalue weighted by Gasteiger charge is -2.05. The summed E-state index contributed by atoms with van der Waals surface area (Å²) in [6.45, 7) is 5.35. The van der Waals surface area contributed by atoms with Crippen LogP contribution in [0.4, 0.5) is 11.5 Å². The molecule has 2 aromatic carbocycles. The number of aliphatic imine (C=N–C) groups is 2. The molecule has 0 saturated carbocycles. The van der Waals surface area contributed by atoms with Crippen LogP contribution >= 0.6 is 0 Å². The van der Waals surface area contributed by atoms with Crippen LogP contribution in [0.1, 0.15) is 43.0 Å². The molecule has 0 spiro atoms. The van der Waals surface area contributed by atoms with Crippen LogP contribution in [0.5, 0.6) is 5.75 Å². The first kappa shape index (κ1) is 24.5. The minimum absolute atomic E-state index is 0.167. The summed E-state index contributed by atoms with van der Waals surface area (Å²) >= 11 is 0. The fraction of sp³-hybridized carbons (Fsp3) is 0.222. The van der Waals surface area contributed by atoms with Crippen molar-refractivity contribution < 1.29 is 14.3 Å². The van der Waals surface area contributed by atoms with Gasteiger partial charge in [0.05, 0.1) is 11.4 Å². The zero-order chi connectivity index (χ0) is 24.0. The lowest BCUT2D eigenvalue weighted by atomic mass is 10.1. The Labute approximate surface area is 199 Å². The second-order valence-corrected chi connectivity index (χ2v) is 7.45. The number of hydrogen-bond acceptors (Lipinski definition) is 7. The van der Waals surface area contributed by atoms with Gasteiger partial charge in [-0.15, -0.1) is 5.10 Å². The fourth-order valence-electron chi connectivity index (χ4n) is 2.91. The quantitative estimate of drug-likeness (QED) is 0.113. The predicted molar refractivity (Wildman–Crippen MR) is 134 cm³/mol. The van der Waals surface area contributed by atoms with Gasteiger partial charge in [0, 0.05) is 18.5 Å². The number of aromatic nitrogens is 2. The molecular weight excluding hydrogens is 428 g/mol. The highest BCUT2D eigenvalue weighted by atomic mass is 16.7. The summed E-state index contributed by atoms with van der Waals surface area (Å²) in [6.07, 6.45) is 9.14. The van der Waals surface area contributed by atoms with Crippen molar-refractivity contribution in [2.24, 2.45) is 9.98 Å². The lowest BCUT2D eigenvalue weighted by Crippen LogP contribution is -2.07. The highest BCUT2D eigenvalue weighted by molar-refractivity contribution is 5.86. The Morgan fingerprint density at radius 1 is 0.912 bits per heavy atom. The molecule has 0 atom stereocenters. The molecule has 1 aromatic heterocycles. The Morgan fingerprint density at radius 3 is 2.24 bits per heavy atom. The molecule has 1 heterocycles. The number of carbonyl (C=O) groups excluding carboxylic acids is 1. The van der Waals surface area contributed by atoms with Crippen LogP contribution in [0, 0.1) is 0 Å². The van der Waals surface area contributed by atoms with Crippen molar-refractivity contribution in [1.82, 2.24) is 10.2 Å². The Morgan fingerprint density at radius 2 is 1.62 bits per heavy atom. The van der Waals surface area contributed by atoms with E-state index in [9.17, 15) is 4.79 Å². The summed E-state index contributed by atoms with van der Waals surface area (Å²) in [5, 5.41) is 8.43. The maximum Gasteiger partial charge on any atom is 0.333 e. The van der Waals surface area contributed by atoms with Crippen molar-refractivity contribution in [3.63, 3.8) is 0 Å². The molecule has 0 amide bonds. The molecular formula is C27H28N4O3. The smallest absolute Gasteiger partial charge is 0.333 e. The number of ether oxygens (including phenoxy) is 2. The van der Waals surface area contributed by atoms with Gasteiger partial charge in [-0.3, -0.25) is 4.99 Å². The molecule has 0 bridgehead atoms. The van der Waals surface area contributed by atoms with E-state index in [0.717, 1.165) is 41.4 Å².